The van der Waals surface area contributed by atoms with Gasteiger partial charge in [-0.1, -0.05) is 30.3 Å². The molecule has 1 aliphatic rings. The molecule has 1 saturated carbocycles. The molecule has 2 nitrogen and oxygen atoms in total. The van der Waals surface area contributed by atoms with E-state index in [2.05, 4.69) is 12.1 Å². The van der Waals surface area contributed by atoms with Crippen LogP contribution in [0.1, 0.15) is 31.7 Å². The first kappa shape index (κ1) is 11.2. The zero-order valence-corrected chi connectivity index (χ0v) is 10.0. The Kier molecular flexibility index (Phi) is 3.28. The van der Waals surface area contributed by atoms with E-state index in [9.17, 15) is 4.79 Å². The van der Waals surface area contributed by atoms with Crippen molar-refractivity contribution < 1.29 is 4.79 Å². The molecule has 0 unspecified atom stereocenters. The monoisotopic (exact) mass is 217 g/mol. The van der Waals surface area contributed by atoms with E-state index < -0.39 is 0 Å². The van der Waals surface area contributed by atoms with Crippen molar-refractivity contribution in [3.8, 4) is 0 Å². The van der Waals surface area contributed by atoms with E-state index in [1.54, 1.807) is 0 Å². The number of hydrogen-bond acceptors (Lipinski definition) is 1. The average molecular weight is 217 g/mol. The molecule has 1 aromatic carbocycles. The molecule has 1 fully saturated rings. The highest BCUT2D eigenvalue weighted by molar-refractivity contribution is 5.83. The summed E-state index contributed by atoms with van der Waals surface area (Å²) < 4.78 is 0. The molecule has 86 valence electrons. The number of carbonyl (C=O) groups excluding carboxylic acids is 1. The fourth-order valence-corrected chi connectivity index (χ4v) is 2.31. The largest absolute Gasteiger partial charge is 0.343 e. The minimum atomic E-state index is 0.238. The predicted octanol–water partition coefficient (Wildman–Crippen LogP) is 2.66. The van der Waals surface area contributed by atoms with E-state index in [1.165, 1.54) is 5.56 Å². The molecule has 1 aliphatic carbocycles. The normalized spacial score (nSPS) is 22.9. The Morgan fingerprint density at radius 3 is 2.44 bits per heavy atom. The first-order valence-electron chi connectivity index (χ1n) is 6.11. The van der Waals surface area contributed by atoms with E-state index in [0.717, 1.165) is 19.5 Å². The summed E-state index contributed by atoms with van der Waals surface area (Å²) in [6.07, 6.45) is 1.03. The highest BCUT2D eigenvalue weighted by Gasteiger charge is 2.45. The van der Waals surface area contributed by atoms with Gasteiger partial charge in [-0.15, -0.1) is 0 Å². The Morgan fingerprint density at radius 2 is 1.88 bits per heavy atom. The molecule has 1 aromatic rings. The van der Waals surface area contributed by atoms with Gasteiger partial charge in [0.2, 0.25) is 5.91 Å². The van der Waals surface area contributed by atoms with E-state index in [-0.39, 0.29) is 5.92 Å². The summed E-state index contributed by atoms with van der Waals surface area (Å²) in [5.41, 5.74) is 1.31. The van der Waals surface area contributed by atoms with Crippen molar-refractivity contribution in [1.29, 1.82) is 0 Å². The van der Waals surface area contributed by atoms with Gasteiger partial charge in [0.05, 0.1) is 0 Å². The quantitative estimate of drug-likeness (QED) is 0.759. The van der Waals surface area contributed by atoms with Crippen LogP contribution in [0.15, 0.2) is 30.3 Å². The Bertz CT molecular complexity index is 356. The van der Waals surface area contributed by atoms with Gasteiger partial charge in [0.15, 0.2) is 0 Å². The molecule has 2 atom stereocenters. The molecule has 0 spiro atoms. The molecule has 0 radical (unpaired) electrons. The lowest BCUT2D eigenvalue weighted by Crippen LogP contribution is -2.32. The van der Waals surface area contributed by atoms with Crippen LogP contribution in [-0.2, 0) is 4.79 Å². The average Bonchev–Trinajstić information content (AvgIpc) is 3.11. The molecular weight excluding hydrogens is 198 g/mol. The minimum Gasteiger partial charge on any atom is -0.343 e. The maximum atomic E-state index is 12.1. The number of hydrogen-bond donors (Lipinski definition) is 0. The summed E-state index contributed by atoms with van der Waals surface area (Å²) >= 11 is 0. The lowest BCUT2D eigenvalue weighted by atomic mass is 10.1. The highest BCUT2D eigenvalue weighted by Crippen LogP contribution is 2.48. The maximum Gasteiger partial charge on any atom is 0.226 e. The van der Waals surface area contributed by atoms with Gasteiger partial charge in [-0.25, -0.2) is 0 Å². The van der Waals surface area contributed by atoms with E-state index >= 15 is 0 Å². The summed E-state index contributed by atoms with van der Waals surface area (Å²) in [5, 5.41) is 0. The summed E-state index contributed by atoms with van der Waals surface area (Å²) in [6, 6.07) is 10.4. The third-order valence-electron chi connectivity index (χ3n) is 3.41. The SMILES string of the molecule is CCN(CC)C(=O)[C@@H]1C[C@H]1c1ccccc1. The van der Waals surface area contributed by atoms with Gasteiger partial charge in [-0.2, -0.15) is 0 Å². The molecule has 2 rings (SSSR count). The Balaban J connectivity index is 1.99. The van der Waals surface area contributed by atoms with Crippen LogP contribution in [0, 0.1) is 5.92 Å². The summed E-state index contributed by atoms with van der Waals surface area (Å²) in [7, 11) is 0. The molecule has 0 aliphatic heterocycles. The van der Waals surface area contributed by atoms with Gasteiger partial charge >= 0.3 is 0 Å². The Morgan fingerprint density at radius 1 is 1.25 bits per heavy atom. The van der Waals surface area contributed by atoms with Gasteiger partial charge in [-0.05, 0) is 31.7 Å². The van der Waals surface area contributed by atoms with E-state index in [0.29, 0.717) is 11.8 Å². The molecule has 0 heterocycles. The molecule has 0 aromatic heterocycles. The van der Waals surface area contributed by atoms with Gasteiger partial charge in [0.1, 0.15) is 0 Å². The Hall–Kier alpha value is -1.31. The maximum absolute atomic E-state index is 12.1. The third kappa shape index (κ3) is 2.11. The second kappa shape index (κ2) is 4.69. The van der Waals surface area contributed by atoms with Crippen molar-refractivity contribution in [2.45, 2.75) is 26.2 Å². The smallest absolute Gasteiger partial charge is 0.226 e. The highest BCUT2D eigenvalue weighted by atomic mass is 16.2. The predicted molar refractivity (Wildman–Crippen MR) is 65.2 cm³/mol. The fraction of sp³-hybridized carbons (Fsp3) is 0.500. The molecule has 0 N–H and O–H groups in total. The van der Waals surface area contributed by atoms with Crippen molar-refractivity contribution in [3.05, 3.63) is 35.9 Å². The van der Waals surface area contributed by atoms with Crippen LogP contribution >= 0.6 is 0 Å². The van der Waals surface area contributed by atoms with Gasteiger partial charge < -0.3 is 4.90 Å². The van der Waals surface area contributed by atoms with Crippen molar-refractivity contribution in [3.63, 3.8) is 0 Å². The topological polar surface area (TPSA) is 20.3 Å². The molecule has 0 bridgehead atoms. The summed E-state index contributed by atoms with van der Waals surface area (Å²) in [6.45, 7) is 5.74. The molecule has 2 heteroatoms. The van der Waals surface area contributed by atoms with Crippen LogP contribution < -0.4 is 0 Å². The van der Waals surface area contributed by atoms with Gasteiger partial charge in [0.25, 0.3) is 0 Å². The lowest BCUT2D eigenvalue weighted by molar-refractivity contribution is -0.132. The molecule has 0 saturated heterocycles. The van der Waals surface area contributed by atoms with Crippen molar-refractivity contribution >= 4 is 5.91 Å². The molecular formula is C14H19NO. The second-order valence-corrected chi connectivity index (χ2v) is 4.37. The van der Waals surface area contributed by atoms with E-state index in [4.69, 9.17) is 0 Å². The second-order valence-electron chi connectivity index (χ2n) is 4.37. The Labute approximate surface area is 97.3 Å². The van der Waals surface area contributed by atoms with Crippen molar-refractivity contribution in [2.24, 2.45) is 5.92 Å². The van der Waals surface area contributed by atoms with Gasteiger partial charge in [0, 0.05) is 19.0 Å². The summed E-state index contributed by atoms with van der Waals surface area (Å²) in [5.74, 6) is 1.04. The first-order valence-corrected chi connectivity index (χ1v) is 6.11. The van der Waals surface area contributed by atoms with Crippen LogP contribution in [0.25, 0.3) is 0 Å². The lowest BCUT2D eigenvalue weighted by Gasteiger charge is -2.18. The van der Waals surface area contributed by atoms with Crippen LogP contribution in [0.5, 0.6) is 0 Å². The molecule has 1 amide bonds. The third-order valence-corrected chi connectivity index (χ3v) is 3.41. The van der Waals surface area contributed by atoms with E-state index in [1.807, 2.05) is 36.9 Å². The van der Waals surface area contributed by atoms with Gasteiger partial charge in [-0.3, -0.25) is 4.79 Å². The number of benzene rings is 1. The van der Waals surface area contributed by atoms with Crippen LogP contribution in [0.2, 0.25) is 0 Å². The molecule has 16 heavy (non-hydrogen) atoms. The van der Waals surface area contributed by atoms with Crippen LogP contribution in [0.4, 0.5) is 0 Å². The number of nitrogens with zero attached hydrogens (tertiary/aromatic N) is 1. The number of rotatable bonds is 4. The fourth-order valence-electron chi connectivity index (χ4n) is 2.31. The van der Waals surface area contributed by atoms with Crippen LogP contribution in [0.3, 0.4) is 0 Å². The van der Waals surface area contributed by atoms with Crippen LogP contribution in [-0.4, -0.2) is 23.9 Å². The number of amides is 1. The number of carbonyl (C=O) groups is 1. The zero-order chi connectivity index (χ0) is 11.5. The van der Waals surface area contributed by atoms with Crippen molar-refractivity contribution in [2.75, 3.05) is 13.1 Å². The standard InChI is InChI=1S/C14H19NO/c1-3-15(4-2)14(16)13-10-12(13)11-8-6-5-7-9-11/h5-9,12-13H,3-4,10H2,1-2H3/t12-,13+/m0/s1. The van der Waals surface area contributed by atoms with Crippen molar-refractivity contribution in [1.82, 2.24) is 4.90 Å². The first-order chi connectivity index (χ1) is 7.77. The summed E-state index contributed by atoms with van der Waals surface area (Å²) in [4.78, 5) is 14.0. The minimum absolute atomic E-state index is 0.238. The zero-order valence-electron chi connectivity index (χ0n) is 10.0.